The van der Waals surface area contributed by atoms with Crippen LogP contribution < -0.4 is 15.8 Å². The molecular weight excluding hydrogens is 320 g/mol. The molecule has 0 spiro atoms. The number of amides is 1. The van der Waals surface area contributed by atoms with E-state index in [2.05, 4.69) is 20.4 Å². The number of rotatable bonds is 3. The van der Waals surface area contributed by atoms with Crippen molar-refractivity contribution in [3.8, 4) is 0 Å². The van der Waals surface area contributed by atoms with E-state index in [-0.39, 0.29) is 17.5 Å². The summed E-state index contributed by atoms with van der Waals surface area (Å²) in [6.45, 7) is 1.21. The van der Waals surface area contributed by atoms with Crippen molar-refractivity contribution in [2.75, 3.05) is 18.0 Å². The van der Waals surface area contributed by atoms with Crippen molar-refractivity contribution in [1.29, 1.82) is 0 Å². The molecule has 4 rings (SSSR count). The maximum atomic E-state index is 12.5. The molecule has 0 radical (unpaired) electrons. The van der Waals surface area contributed by atoms with Gasteiger partial charge < -0.3 is 10.2 Å². The lowest BCUT2D eigenvalue weighted by molar-refractivity contribution is -0.123. The van der Waals surface area contributed by atoms with Crippen molar-refractivity contribution in [2.24, 2.45) is 13.0 Å². The third kappa shape index (κ3) is 3.01. The minimum Gasteiger partial charge on any atom is -0.353 e. The second-order valence-electron chi connectivity index (χ2n) is 7.13. The third-order valence-corrected chi connectivity index (χ3v) is 5.47. The summed E-state index contributed by atoms with van der Waals surface area (Å²) in [6.07, 6.45) is 8.49. The average molecular weight is 344 g/mol. The molecule has 0 aromatic carbocycles. The molecule has 25 heavy (non-hydrogen) atoms. The number of carbonyl (C=O) groups excluding carboxylic acids is 1. The Hall–Kier alpha value is -2.38. The van der Waals surface area contributed by atoms with Crippen molar-refractivity contribution >= 4 is 22.9 Å². The van der Waals surface area contributed by atoms with Crippen molar-refractivity contribution in [3.05, 3.63) is 16.6 Å². The Kier molecular flexibility index (Phi) is 4.19. The fraction of sp³-hybridized carbons (Fsp3) is 0.647. The quantitative estimate of drug-likeness (QED) is 0.864. The van der Waals surface area contributed by atoms with Gasteiger partial charge in [0.1, 0.15) is 11.4 Å². The number of nitrogens with zero attached hydrogens (tertiary/aromatic N) is 4. The monoisotopic (exact) mass is 344 g/mol. The van der Waals surface area contributed by atoms with Gasteiger partial charge in [0.2, 0.25) is 11.9 Å². The van der Waals surface area contributed by atoms with Crippen molar-refractivity contribution < 1.29 is 4.79 Å². The highest BCUT2D eigenvalue weighted by Gasteiger charge is 2.34. The van der Waals surface area contributed by atoms with E-state index in [0.29, 0.717) is 36.0 Å². The summed E-state index contributed by atoms with van der Waals surface area (Å²) in [4.78, 5) is 34.3. The number of anilines is 1. The lowest BCUT2D eigenvalue weighted by Crippen LogP contribution is -2.56. The lowest BCUT2D eigenvalue weighted by atomic mass is 9.84. The Morgan fingerprint density at radius 3 is 2.84 bits per heavy atom. The molecule has 1 aliphatic heterocycles. The van der Waals surface area contributed by atoms with Gasteiger partial charge in [-0.05, 0) is 12.3 Å². The van der Waals surface area contributed by atoms with Crippen LogP contribution in [0.15, 0.2) is 11.0 Å². The van der Waals surface area contributed by atoms with Crippen LogP contribution in [0, 0.1) is 5.92 Å². The van der Waals surface area contributed by atoms with Crippen molar-refractivity contribution in [2.45, 2.75) is 44.6 Å². The molecular formula is C17H24N6O2. The largest absolute Gasteiger partial charge is 0.353 e. The molecule has 2 aliphatic rings. The average Bonchev–Trinajstić information content (AvgIpc) is 2.99. The summed E-state index contributed by atoms with van der Waals surface area (Å²) in [5, 5.41) is 7.54. The summed E-state index contributed by atoms with van der Waals surface area (Å²) in [5.74, 6) is 1.07. The maximum Gasteiger partial charge on any atom is 0.263 e. The smallest absolute Gasteiger partial charge is 0.263 e. The lowest BCUT2D eigenvalue weighted by Gasteiger charge is -2.37. The van der Waals surface area contributed by atoms with Gasteiger partial charge in [-0.3, -0.25) is 19.3 Å². The topological polar surface area (TPSA) is 95.9 Å². The first-order valence-corrected chi connectivity index (χ1v) is 9.10. The van der Waals surface area contributed by atoms with E-state index in [1.54, 1.807) is 11.7 Å². The number of fused-ring (bicyclic) bond motifs is 1. The van der Waals surface area contributed by atoms with E-state index >= 15 is 0 Å². The van der Waals surface area contributed by atoms with Gasteiger partial charge in [-0.25, -0.2) is 0 Å². The predicted octanol–water partition coefficient (Wildman–Crippen LogP) is 0.932. The second-order valence-corrected chi connectivity index (χ2v) is 7.13. The molecule has 0 bridgehead atoms. The first kappa shape index (κ1) is 16.1. The summed E-state index contributed by atoms with van der Waals surface area (Å²) in [5.41, 5.74) is 0.330. The molecule has 8 heteroatoms. The highest BCUT2D eigenvalue weighted by Crippen LogP contribution is 2.30. The van der Waals surface area contributed by atoms with Crippen molar-refractivity contribution in [3.63, 3.8) is 0 Å². The Morgan fingerprint density at radius 2 is 2.04 bits per heavy atom. The molecule has 1 aliphatic carbocycles. The maximum absolute atomic E-state index is 12.5. The highest BCUT2D eigenvalue weighted by molar-refractivity contribution is 5.86. The van der Waals surface area contributed by atoms with Crippen LogP contribution in [-0.4, -0.2) is 44.8 Å². The first-order chi connectivity index (χ1) is 12.1. The summed E-state index contributed by atoms with van der Waals surface area (Å²) in [7, 11) is 1.76. The predicted molar refractivity (Wildman–Crippen MR) is 94.5 cm³/mol. The van der Waals surface area contributed by atoms with Crippen LogP contribution in [0.1, 0.15) is 38.5 Å². The molecule has 134 valence electrons. The fourth-order valence-electron chi connectivity index (χ4n) is 4.10. The molecule has 2 aromatic rings. The zero-order valence-corrected chi connectivity index (χ0v) is 14.5. The van der Waals surface area contributed by atoms with Gasteiger partial charge in [0, 0.05) is 20.1 Å². The Morgan fingerprint density at radius 1 is 1.24 bits per heavy atom. The Labute approximate surface area is 145 Å². The van der Waals surface area contributed by atoms with Gasteiger partial charge in [-0.2, -0.15) is 10.1 Å². The van der Waals surface area contributed by atoms with Crippen molar-refractivity contribution in [1.82, 2.24) is 25.1 Å². The number of carbonyl (C=O) groups is 1. The van der Waals surface area contributed by atoms with E-state index in [0.717, 1.165) is 6.42 Å². The number of aromatic amines is 1. The van der Waals surface area contributed by atoms with E-state index < -0.39 is 0 Å². The molecule has 2 fully saturated rings. The van der Waals surface area contributed by atoms with E-state index in [1.165, 1.54) is 38.3 Å². The molecule has 1 saturated heterocycles. The SMILES string of the molecule is Cn1ncc2c(=O)[nH]c(N3CCNC(=O)[C@H]3CC3CCCCC3)nc21. The highest BCUT2D eigenvalue weighted by atomic mass is 16.2. The molecule has 1 saturated carbocycles. The van der Waals surface area contributed by atoms with E-state index in [1.807, 2.05) is 4.90 Å². The van der Waals surface area contributed by atoms with Crippen LogP contribution in [0.4, 0.5) is 5.95 Å². The standard InChI is InChI=1S/C17H24N6O2/c1-22-14-12(10-19-22)15(24)21-17(20-14)23-8-7-18-16(25)13(23)9-11-5-3-2-4-6-11/h10-11,13H,2-9H2,1H3,(H,18,25)(H,20,21,24)/t13-/m1/s1. The minimum atomic E-state index is -0.273. The van der Waals surface area contributed by atoms with Gasteiger partial charge in [0.25, 0.3) is 5.56 Å². The zero-order chi connectivity index (χ0) is 17.4. The second kappa shape index (κ2) is 6.50. The summed E-state index contributed by atoms with van der Waals surface area (Å²) in [6, 6.07) is -0.273. The molecule has 1 atom stereocenters. The third-order valence-electron chi connectivity index (χ3n) is 5.47. The zero-order valence-electron chi connectivity index (χ0n) is 14.5. The van der Waals surface area contributed by atoms with Crippen LogP contribution in [0.2, 0.25) is 0 Å². The van der Waals surface area contributed by atoms with Gasteiger partial charge in [-0.15, -0.1) is 0 Å². The molecule has 1 amide bonds. The molecule has 2 N–H and O–H groups in total. The van der Waals surface area contributed by atoms with Crippen LogP contribution >= 0.6 is 0 Å². The Balaban J connectivity index is 1.67. The number of hydrogen-bond acceptors (Lipinski definition) is 5. The van der Waals surface area contributed by atoms with Crippen LogP contribution in [0.25, 0.3) is 11.0 Å². The van der Waals surface area contributed by atoms with Crippen LogP contribution in [0.5, 0.6) is 0 Å². The first-order valence-electron chi connectivity index (χ1n) is 9.10. The number of nitrogens with one attached hydrogen (secondary N) is 2. The normalized spacial score (nSPS) is 22.4. The molecule has 0 unspecified atom stereocenters. The van der Waals surface area contributed by atoms with Gasteiger partial charge >= 0.3 is 0 Å². The summed E-state index contributed by atoms with van der Waals surface area (Å²) >= 11 is 0. The number of aromatic nitrogens is 4. The van der Waals surface area contributed by atoms with E-state index in [4.69, 9.17) is 0 Å². The van der Waals surface area contributed by atoms with Crippen LogP contribution in [0.3, 0.4) is 0 Å². The minimum absolute atomic E-state index is 0.0320. The van der Waals surface area contributed by atoms with Crippen LogP contribution in [-0.2, 0) is 11.8 Å². The number of aryl methyl sites for hydroxylation is 1. The molecule has 2 aromatic heterocycles. The number of hydrogen-bond donors (Lipinski definition) is 2. The van der Waals surface area contributed by atoms with E-state index in [9.17, 15) is 9.59 Å². The fourth-order valence-corrected chi connectivity index (χ4v) is 4.10. The summed E-state index contributed by atoms with van der Waals surface area (Å²) < 4.78 is 1.59. The number of H-pyrrole nitrogens is 1. The molecule has 3 heterocycles. The van der Waals surface area contributed by atoms with Gasteiger partial charge in [0.05, 0.1) is 6.20 Å². The van der Waals surface area contributed by atoms with Gasteiger partial charge in [-0.1, -0.05) is 32.1 Å². The number of piperazine rings is 1. The van der Waals surface area contributed by atoms with Gasteiger partial charge in [0.15, 0.2) is 5.65 Å². The Bertz CT molecular complexity index is 835. The molecule has 8 nitrogen and oxygen atoms in total.